The number of nitrogens with one attached hydrogen (secondary N) is 1. The molecule has 0 aromatic carbocycles. The van der Waals surface area contributed by atoms with Crippen LogP contribution in [0, 0.1) is 17.3 Å². The zero-order chi connectivity index (χ0) is 11.3. The van der Waals surface area contributed by atoms with Crippen LogP contribution in [0.25, 0.3) is 0 Å². The standard InChI is InChI=1S/C13H27NO/c1-11(2)8-14-10-13(6-5-7-13)12(3)9-15-4/h11-12,14H,5-10H2,1-4H3. The first-order valence-corrected chi connectivity index (χ1v) is 6.30. The SMILES string of the molecule is COCC(C)C1(CNCC(C)C)CCC1. The summed E-state index contributed by atoms with van der Waals surface area (Å²) in [5, 5.41) is 3.61. The van der Waals surface area contributed by atoms with Gasteiger partial charge in [-0.05, 0) is 36.6 Å². The molecule has 1 unspecified atom stereocenters. The second-order valence-electron chi connectivity index (χ2n) is 5.60. The van der Waals surface area contributed by atoms with Crippen LogP contribution in [0.3, 0.4) is 0 Å². The molecule has 0 aliphatic heterocycles. The molecule has 1 atom stereocenters. The van der Waals surface area contributed by atoms with E-state index < -0.39 is 0 Å². The van der Waals surface area contributed by atoms with Crippen LogP contribution in [0.1, 0.15) is 40.0 Å². The highest BCUT2D eigenvalue weighted by atomic mass is 16.5. The third-order valence-electron chi connectivity index (χ3n) is 3.84. The van der Waals surface area contributed by atoms with Crippen LogP contribution in [0.4, 0.5) is 0 Å². The van der Waals surface area contributed by atoms with Gasteiger partial charge < -0.3 is 10.1 Å². The highest BCUT2D eigenvalue weighted by Gasteiger charge is 2.41. The lowest BCUT2D eigenvalue weighted by Crippen LogP contribution is -2.46. The Kier molecular flexibility index (Phi) is 5.07. The van der Waals surface area contributed by atoms with Gasteiger partial charge >= 0.3 is 0 Å². The molecule has 1 fully saturated rings. The fraction of sp³-hybridized carbons (Fsp3) is 1.00. The van der Waals surface area contributed by atoms with Gasteiger partial charge in [-0.1, -0.05) is 27.2 Å². The summed E-state index contributed by atoms with van der Waals surface area (Å²) in [7, 11) is 1.81. The van der Waals surface area contributed by atoms with Crippen LogP contribution in [-0.2, 0) is 4.74 Å². The van der Waals surface area contributed by atoms with Crippen molar-refractivity contribution >= 4 is 0 Å². The maximum absolute atomic E-state index is 5.29. The van der Waals surface area contributed by atoms with E-state index in [1.807, 2.05) is 7.11 Å². The Labute approximate surface area is 94.8 Å². The average molecular weight is 213 g/mol. The van der Waals surface area contributed by atoms with Gasteiger partial charge in [-0.3, -0.25) is 0 Å². The Hall–Kier alpha value is -0.0800. The van der Waals surface area contributed by atoms with Crippen molar-refractivity contribution in [2.45, 2.75) is 40.0 Å². The third kappa shape index (κ3) is 3.46. The minimum absolute atomic E-state index is 0.533. The molecule has 1 aliphatic rings. The maximum atomic E-state index is 5.29. The van der Waals surface area contributed by atoms with Crippen molar-refractivity contribution in [1.82, 2.24) is 5.32 Å². The fourth-order valence-corrected chi connectivity index (χ4v) is 2.51. The Morgan fingerprint density at radius 3 is 2.33 bits per heavy atom. The first kappa shape index (κ1) is 13.0. The largest absolute Gasteiger partial charge is 0.384 e. The molecule has 1 rings (SSSR count). The average Bonchev–Trinajstić information content (AvgIpc) is 2.09. The normalized spacial score (nSPS) is 21.4. The fourth-order valence-electron chi connectivity index (χ4n) is 2.51. The van der Waals surface area contributed by atoms with Gasteiger partial charge in [0.2, 0.25) is 0 Å². The quantitative estimate of drug-likeness (QED) is 0.702. The number of rotatable bonds is 7. The first-order chi connectivity index (χ1) is 7.10. The lowest BCUT2D eigenvalue weighted by molar-refractivity contribution is 0.00883. The maximum Gasteiger partial charge on any atom is 0.0493 e. The summed E-state index contributed by atoms with van der Waals surface area (Å²) in [5.74, 6) is 1.44. The van der Waals surface area contributed by atoms with E-state index in [9.17, 15) is 0 Å². The zero-order valence-corrected chi connectivity index (χ0v) is 10.8. The molecule has 1 saturated carbocycles. The predicted molar refractivity (Wildman–Crippen MR) is 65.0 cm³/mol. The van der Waals surface area contributed by atoms with E-state index in [-0.39, 0.29) is 0 Å². The van der Waals surface area contributed by atoms with Crippen molar-refractivity contribution in [2.75, 3.05) is 26.8 Å². The molecule has 0 heterocycles. The van der Waals surface area contributed by atoms with Crippen molar-refractivity contribution in [1.29, 1.82) is 0 Å². The summed E-state index contributed by atoms with van der Waals surface area (Å²) in [6, 6.07) is 0. The van der Waals surface area contributed by atoms with Gasteiger partial charge in [-0.25, -0.2) is 0 Å². The Balaban J connectivity index is 2.32. The van der Waals surface area contributed by atoms with E-state index in [0.29, 0.717) is 11.3 Å². The summed E-state index contributed by atoms with van der Waals surface area (Å²) in [4.78, 5) is 0. The predicted octanol–water partition coefficient (Wildman–Crippen LogP) is 2.68. The molecular weight excluding hydrogens is 186 g/mol. The van der Waals surface area contributed by atoms with Crippen LogP contribution in [0.2, 0.25) is 0 Å². The topological polar surface area (TPSA) is 21.3 Å². The van der Waals surface area contributed by atoms with Crippen molar-refractivity contribution < 1.29 is 4.74 Å². The molecule has 0 spiro atoms. The van der Waals surface area contributed by atoms with Gasteiger partial charge in [-0.15, -0.1) is 0 Å². The molecule has 0 saturated heterocycles. The minimum Gasteiger partial charge on any atom is -0.384 e. The van der Waals surface area contributed by atoms with Crippen molar-refractivity contribution in [2.24, 2.45) is 17.3 Å². The molecule has 2 heteroatoms. The van der Waals surface area contributed by atoms with E-state index in [4.69, 9.17) is 4.74 Å². The molecule has 15 heavy (non-hydrogen) atoms. The molecule has 1 aliphatic carbocycles. The van der Waals surface area contributed by atoms with Gasteiger partial charge in [0, 0.05) is 20.3 Å². The molecular formula is C13H27NO. The smallest absolute Gasteiger partial charge is 0.0493 e. The van der Waals surface area contributed by atoms with Crippen molar-refractivity contribution in [3.63, 3.8) is 0 Å². The Morgan fingerprint density at radius 2 is 1.93 bits per heavy atom. The van der Waals surface area contributed by atoms with E-state index in [2.05, 4.69) is 26.1 Å². The van der Waals surface area contributed by atoms with E-state index in [1.165, 1.54) is 25.8 Å². The number of hydrogen-bond acceptors (Lipinski definition) is 2. The molecule has 2 nitrogen and oxygen atoms in total. The lowest BCUT2D eigenvalue weighted by Gasteiger charge is -2.47. The second kappa shape index (κ2) is 5.86. The summed E-state index contributed by atoms with van der Waals surface area (Å²) >= 11 is 0. The zero-order valence-electron chi connectivity index (χ0n) is 10.8. The highest BCUT2D eigenvalue weighted by molar-refractivity contribution is 4.93. The van der Waals surface area contributed by atoms with E-state index in [1.54, 1.807) is 0 Å². The van der Waals surface area contributed by atoms with Crippen LogP contribution >= 0.6 is 0 Å². The molecule has 90 valence electrons. The molecule has 0 bridgehead atoms. The molecule has 1 N–H and O–H groups in total. The van der Waals surface area contributed by atoms with Gasteiger partial charge in [0.05, 0.1) is 0 Å². The number of ether oxygens (including phenoxy) is 1. The monoisotopic (exact) mass is 213 g/mol. The summed E-state index contributed by atoms with van der Waals surface area (Å²) < 4.78 is 5.29. The Bertz CT molecular complexity index is 175. The van der Waals surface area contributed by atoms with Gasteiger partial charge in [0.25, 0.3) is 0 Å². The molecule has 0 radical (unpaired) electrons. The second-order valence-corrected chi connectivity index (χ2v) is 5.60. The van der Waals surface area contributed by atoms with E-state index in [0.717, 1.165) is 19.1 Å². The van der Waals surface area contributed by atoms with Crippen molar-refractivity contribution in [3.05, 3.63) is 0 Å². The molecule has 0 aromatic rings. The van der Waals surface area contributed by atoms with Crippen LogP contribution in [0.5, 0.6) is 0 Å². The van der Waals surface area contributed by atoms with Gasteiger partial charge in [0.1, 0.15) is 0 Å². The highest BCUT2D eigenvalue weighted by Crippen LogP contribution is 2.46. The van der Waals surface area contributed by atoms with Gasteiger partial charge in [0.15, 0.2) is 0 Å². The summed E-state index contributed by atoms with van der Waals surface area (Å²) in [5.41, 5.74) is 0.533. The molecule has 0 aromatic heterocycles. The summed E-state index contributed by atoms with van der Waals surface area (Å²) in [6.07, 6.45) is 4.16. The minimum atomic E-state index is 0.533. The first-order valence-electron chi connectivity index (χ1n) is 6.30. The lowest BCUT2D eigenvalue weighted by atomic mass is 9.61. The summed E-state index contributed by atoms with van der Waals surface area (Å²) in [6.45, 7) is 10.1. The number of hydrogen-bond donors (Lipinski definition) is 1. The Morgan fingerprint density at radius 1 is 1.27 bits per heavy atom. The molecule has 0 amide bonds. The van der Waals surface area contributed by atoms with Crippen LogP contribution < -0.4 is 5.32 Å². The number of methoxy groups -OCH3 is 1. The van der Waals surface area contributed by atoms with Crippen LogP contribution in [-0.4, -0.2) is 26.8 Å². The van der Waals surface area contributed by atoms with Crippen molar-refractivity contribution in [3.8, 4) is 0 Å². The van der Waals surface area contributed by atoms with Gasteiger partial charge in [-0.2, -0.15) is 0 Å². The van der Waals surface area contributed by atoms with Crippen LogP contribution in [0.15, 0.2) is 0 Å². The van der Waals surface area contributed by atoms with E-state index >= 15 is 0 Å². The third-order valence-corrected chi connectivity index (χ3v) is 3.84.